The van der Waals surface area contributed by atoms with Crippen LogP contribution in [0.5, 0.6) is 11.5 Å². The number of carbonyl (C=O) groups is 2. The largest absolute Gasteiger partial charge is 0.507 e. The van der Waals surface area contributed by atoms with Gasteiger partial charge in [-0.2, -0.15) is 0 Å². The van der Waals surface area contributed by atoms with Crippen LogP contribution in [0.15, 0.2) is 54.1 Å². The molecule has 1 amide bonds. The molecule has 0 unspecified atom stereocenters. The monoisotopic (exact) mass is 410 g/mol. The number of nitrogens with zero attached hydrogens (tertiary/aromatic N) is 2. The Kier molecular flexibility index (Phi) is 6.42. The van der Waals surface area contributed by atoms with Crippen molar-refractivity contribution in [1.29, 1.82) is 0 Å². The molecular weight excluding hydrogens is 384 g/mol. The molecule has 0 bridgehead atoms. The van der Waals surface area contributed by atoms with Crippen molar-refractivity contribution in [2.45, 2.75) is 6.04 Å². The van der Waals surface area contributed by atoms with Crippen molar-refractivity contribution in [2.24, 2.45) is 0 Å². The van der Waals surface area contributed by atoms with Crippen LogP contribution in [0.25, 0.3) is 5.76 Å². The SMILES string of the molecule is COc1ccc([C@H]2/C(=C(\O)c3cccc(OC)c3)C(=O)C(=O)N2CCN(C)C)cc1. The number of likely N-dealkylation sites (N-methyl/N-ethyl adjacent to an activating group) is 1. The van der Waals surface area contributed by atoms with Crippen molar-refractivity contribution >= 4 is 17.4 Å². The third kappa shape index (κ3) is 4.16. The highest BCUT2D eigenvalue weighted by Gasteiger charge is 2.45. The van der Waals surface area contributed by atoms with Gasteiger partial charge in [-0.15, -0.1) is 0 Å². The number of amides is 1. The maximum atomic E-state index is 13.0. The molecule has 7 nitrogen and oxygen atoms in total. The molecule has 3 rings (SSSR count). The molecular formula is C23H26N2O5. The summed E-state index contributed by atoms with van der Waals surface area (Å²) in [6.45, 7) is 0.933. The number of hydrogen-bond acceptors (Lipinski definition) is 6. The zero-order valence-electron chi connectivity index (χ0n) is 17.6. The van der Waals surface area contributed by atoms with Gasteiger partial charge in [-0.1, -0.05) is 24.3 Å². The number of ether oxygens (including phenoxy) is 2. The molecule has 0 aromatic heterocycles. The number of ketones is 1. The zero-order valence-corrected chi connectivity index (χ0v) is 17.6. The summed E-state index contributed by atoms with van der Waals surface area (Å²) in [6, 6.07) is 13.2. The summed E-state index contributed by atoms with van der Waals surface area (Å²) in [7, 11) is 6.89. The van der Waals surface area contributed by atoms with Gasteiger partial charge in [0.1, 0.15) is 17.3 Å². The second-order valence-electron chi connectivity index (χ2n) is 7.30. The first-order valence-corrected chi connectivity index (χ1v) is 9.59. The molecule has 2 aromatic carbocycles. The molecule has 2 aromatic rings. The van der Waals surface area contributed by atoms with Gasteiger partial charge in [0.05, 0.1) is 25.8 Å². The van der Waals surface area contributed by atoms with Crippen molar-refractivity contribution in [2.75, 3.05) is 41.4 Å². The van der Waals surface area contributed by atoms with Crippen LogP contribution in [0, 0.1) is 0 Å². The molecule has 1 N–H and O–H groups in total. The fraction of sp³-hybridized carbons (Fsp3) is 0.304. The molecule has 1 fully saturated rings. The van der Waals surface area contributed by atoms with Crippen LogP contribution in [0.4, 0.5) is 0 Å². The van der Waals surface area contributed by atoms with E-state index in [0.717, 1.165) is 5.56 Å². The summed E-state index contributed by atoms with van der Waals surface area (Å²) in [5, 5.41) is 11.0. The van der Waals surface area contributed by atoms with E-state index in [1.165, 1.54) is 12.0 Å². The number of aliphatic hydroxyl groups is 1. The molecule has 0 aliphatic carbocycles. The Bertz CT molecular complexity index is 966. The number of hydrogen-bond donors (Lipinski definition) is 1. The van der Waals surface area contributed by atoms with Gasteiger partial charge < -0.3 is 24.4 Å². The van der Waals surface area contributed by atoms with Crippen molar-refractivity contribution in [1.82, 2.24) is 9.80 Å². The summed E-state index contributed by atoms with van der Waals surface area (Å²) >= 11 is 0. The van der Waals surface area contributed by atoms with Crippen LogP contribution in [0.1, 0.15) is 17.2 Å². The van der Waals surface area contributed by atoms with E-state index in [1.54, 1.807) is 55.6 Å². The van der Waals surface area contributed by atoms with E-state index in [-0.39, 0.29) is 11.3 Å². The summed E-state index contributed by atoms with van der Waals surface area (Å²) in [6.07, 6.45) is 0. The predicted molar refractivity (Wildman–Crippen MR) is 114 cm³/mol. The number of likely N-dealkylation sites (tertiary alicyclic amines) is 1. The van der Waals surface area contributed by atoms with Crippen LogP contribution in [-0.4, -0.2) is 68.0 Å². The first kappa shape index (κ1) is 21.4. The van der Waals surface area contributed by atoms with E-state index < -0.39 is 17.7 Å². The minimum absolute atomic E-state index is 0.0668. The molecule has 158 valence electrons. The van der Waals surface area contributed by atoms with Gasteiger partial charge in [-0.05, 0) is 43.9 Å². The summed E-state index contributed by atoms with van der Waals surface area (Å²) in [4.78, 5) is 29.3. The number of aliphatic hydroxyl groups excluding tert-OH is 1. The van der Waals surface area contributed by atoms with Crippen LogP contribution in [0.2, 0.25) is 0 Å². The smallest absolute Gasteiger partial charge is 0.295 e. The molecule has 7 heteroatoms. The van der Waals surface area contributed by atoms with Crippen molar-refractivity contribution < 1.29 is 24.2 Å². The maximum Gasteiger partial charge on any atom is 0.295 e. The molecule has 30 heavy (non-hydrogen) atoms. The fourth-order valence-corrected chi connectivity index (χ4v) is 3.48. The van der Waals surface area contributed by atoms with Gasteiger partial charge in [0.15, 0.2) is 0 Å². The van der Waals surface area contributed by atoms with Crippen LogP contribution < -0.4 is 9.47 Å². The summed E-state index contributed by atoms with van der Waals surface area (Å²) in [5.41, 5.74) is 1.20. The Morgan fingerprint density at radius 2 is 1.70 bits per heavy atom. The lowest BCUT2D eigenvalue weighted by Crippen LogP contribution is -2.35. The standard InChI is InChI=1S/C23H26N2O5/c1-24(2)12-13-25-20(15-8-10-17(29-3)11-9-15)19(22(27)23(25)28)21(26)16-6-5-7-18(14-16)30-4/h5-11,14,20,26H,12-13H2,1-4H3/b21-19+/t20-/m0/s1. The summed E-state index contributed by atoms with van der Waals surface area (Å²) in [5.74, 6) is -0.337. The average Bonchev–Trinajstić information content (AvgIpc) is 3.02. The quantitative estimate of drug-likeness (QED) is 0.430. The van der Waals surface area contributed by atoms with Gasteiger partial charge >= 0.3 is 0 Å². The minimum atomic E-state index is -0.699. The van der Waals surface area contributed by atoms with Gasteiger partial charge in [0.2, 0.25) is 0 Å². The highest BCUT2D eigenvalue weighted by Crippen LogP contribution is 2.40. The van der Waals surface area contributed by atoms with Gasteiger partial charge in [0.25, 0.3) is 11.7 Å². The van der Waals surface area contributed by atoms with Crippen molar-refractivity contribution in [3.8, 4) is 11.5 Å². The number of methoxy groups -OCH3 is 2. The molecule has 1 aliphatic rings. The number of Topliss-reactive ketones (excluding diaryl/α,β-unsaturated/α-hetero) is 1. The second-order valence-corrected chi connectivity index (χ2v) is 7.30. The topological polar surface area (TPSA) is 79.3 Å². The maximum absolute atomic E-state index is 13.0. The number of benzene rings is 2. The third-order valence-corrected chi connectivity index (χ3v) is 5.10. The Hall–Kier alpha value is -3.32. The number of rotatable bonds is 7. The van der Waals surface area contributed by atoms with E-state index in [9.17, 15) is 14.7 Å². The molecule has 0 saturated carbocycles. The van der Waals surface area contributed by atoms with Gasteiger partial charge in [-0.25, -0.2) is 0 Å². The van der Waals surface area contributed by atoms with Crippen LogP contribution >= 0.6 is 0 Å². The molecule has 1 aliphatic heterocycles. The molecule has 0 spiro atoms. The first-order chi connectivity index (χ1) is 14.4. The first-order valence-electron chi connectivity index (χ1n) is 9.59. The lowest BCUT2D eigenvalue weighted by molar-refractivity contribution is -0.140. The van der Waals surface area contributed by atoms with E-state index in [2.05, 4.69) is 0 Å². The third-order valence-electron chi connectivity index (χ3n) is 5.10. The lowest BCUT2D eigenvalue weighted by Gasteiger charge is -2.26. The highest BCUT2D eigenvalue weighted by molar-refractivity contribution is 6.46. The Labute approximate surface area is 176 Å². The van der Waals surface area contributed by atoms with Crippen LogP contribution in [0.3, 0.4) is 0 Å². The molecule has 0 radical (unpaired) electrons. The van der Waals surface area contributed by atoms with Gasteiger partial charge in [0, 0.05) is 18.7 Å². The molecule has 1 heterocycles. The van der Waals surface area contributed by atoms with E-state index >= 15 is 0 Å². The second kappa shape index (κ2) is 9.00. The average molecular weight is 410 g/mol. The van der Waals surface area contributed by atoms with E-state index in [1.807, 2.05) is 19.0 Å². The summed E-state index contributed by atoms with van der Waals surface area (Å²) < 4.78 is 10.4. The van der Waals surface area contributed by atoms with E-state index in [4.69, 9.17) is 9.47 Å². The fourth-order valence-electron chi connectivity index (χ4n) is 3.48. The highest BCUT2D eigenvalue weighted by atomic mass is 16.5. The Balaban J connectivity index is 2.13. The van der Waals surface area contributed by atoms with E-state index in [0.29, 0.717) is 30.2 Å². The molecule has 1 atom stereocenters. The van der Waals surface area contributed by atoms with Gasteiger partial charge in [-0.3, -0.25) is 9.59 Å². The van der Waals surface area contributed by atoms with Crippen molar-refractivity contribution in [3.63, 3.8) is 0 Å². The Morgan fingerprint density at radius 3 is 2.30 bits per heavy atom. The number of carbonyl (C=O) groups excluding carboxylic acids is 2. The minimum Gasteiger partial charge on any atom is -0.507 e. The zero-order chi connectivity index (χ0) is 21.8. The van der Waals surface area contributed by atoms with Crippen LogP contribution in [-0.2, 0) is 9.59 Å². The lowest BCUT2D eigenvalue weighted by atomic mass is 9.95. The Morgan fingerprint density at radius 1 is 1.03 bits per heavy atom. The molecule has 1 saturated heterocycles. The predicted octanol–water partition coefficient (Wildman–Crippen LogP) is 2.69. The van der Waals surface area contributed by atoms with Crippen molar-refractivity contribution in [3.05, 3.63) is 65.2 Å². The normalized spacial score (nSPS) is 18.2.